The monoisotopic (exact) mass is 907 g/mol. The van der Waals surface area contributed by atoms with Crippen LogP contribution in [0, 0.1) is 26.9 Å². The summed E-state index contributed by atoms with van der Waals surface area (Å²) in [4.78, 5) is 37.4. The van der Waals surface area contributed by atoms with Crippen LogP contribution in [0.4, 0.5) is 17.1 Å². The number of carbonyl (C=O) groups excluding carboxylic acids is 1. The van der Waals surface area contributed by atoms with Crippen molar-refractivity contribution in [3.8, 4) is 11.5 Å². The van der Waals surface area contributed by atoms with Crippen molar-refractivity contribution in [1.29, 1.82) is 0 Å². The lowest BCUT2D eigenvalue weighted by Crippen LogP contribution is -2.60. The summed E-state index contributed by atoms with van der Waals surface area (Å²) in [5, 5.41) is 16.8. The maximum Gasteiger partial charge on any atom is 0.293 e. The third kappa shape index (κ3) is 9.63. The summed E-state index contributed by atoms with van der Waals surface area (Å²) in [6.45, 7) is 11.2. The number of ether oxygens (including phenoxy) is 2. The fourth-order valence-corrected chi connectivity index (χ4v) is 10.9. The Hall–Kier alpha value is -5.48. The summed E-state index contributed by atoms with van der Waals surface area (Å²) >= 11 is 6.24. The molecular weight excluding hydrogens is 854 g/mol. The van der Waals surface area contributed by atoms with Crippen molar-refractivity contribution in [1.82, 2.24) is 19.6 Å². The van der Waals surface area contributed by atoms with Gasteiger partial charge in [-0.15, -0.1) is 0 Å². The number of carbonyl (C=O) groups is 1. The second-order valence-corrected chi connectivity index (χ2v) is 20.9. The molecule has 3 N–H and O–H groups in total. The molecule has 4 aliphatic rings. The van der Waals surface area contributed by atoms with E-state index in [1.165, 1.54) is 41.5 Å². The van der Waals surface area contributed by atoms with Gasteiger partial charge in [-0.05, 0) is 129 Å². The SMILES string of the molecule is CC1(C)CCC(c2ccc(Cl)cc2)=C(CN2CCC3(CC2)CN(c2ccc(C(=O)NS(=O)(=O)c4ccc(NCC5CCOCC5)c([N+](=O)[O-])c4)c(Oc4cnc5[nH]ccc5c4)c2)C3)C1. The molecule has 64 heavy (non-hydrogen) atoms. The third-order valence-electron chi connectivity index (χ3n) is 13.6. The minimum atomic E-state index is -4.55. The molecule has 16 heteroatoms. The van der Waals surface area contributed by atoms with Crippen LogP contribution in [0.5, 0.6) is 11.5 Å². The number of pyridine rings is 1. The number of piperidine rings is 1. The van der Waals surface area contributed by atoms with Crippen LogP contribution in [-0.2, 0) is 14.8 Å². The number of anilines is 2. The standard InChI is InChI=1S/C48H54ClN7O7S/c1-47(2)15-11-40(33-3-5-36(49)6-4-33)35(26-47)29-54-19-16-48(17-20-54)30-55(31-48)37-7-9-41(44(24-37)63-38-23-34-12-18-50-45(34)52-28-38)46(57)53-64(60,61)39-8-10-42(43(25-39)56(58)59)51-27-32-13-21-62-22-14-32/h3-10,12,18,23-25,28,32,51H,11,13-17,19-22,26-27,29-31H2,1-2H3,(H,50,52)(H,53,57). The summed E-state index contributed by atoms with van der Waals surface area (Å²) in [6.07, 6.45) is 10.4. The maximum absolute atomic E-state index is 13.9. The number of amides is 1. The molecule has 9 rings (SSSR count). The number of hydrogen-bond donors (Lipinski definition) is 3. The number of H-pyrrole nitrogens is 1. The van der Waals surface area contributed by atoms with E-state index in [-0.39, 0.29) is 33.7 Å². The van der Waals surface area contributed by atoms with Crippen LogP contribution in [0.2, 0.25) is 5.02 Å². The first-order valence-electron chi connectivity index (χ1n) is 22.1. The van der Waals surface area contributed by atoms with E-state index in [0.29, 0.717) is 31.2 Å². The fourth-order valence-electron chi connectivity index (χ4n) is 9.78. The molecule has 2 aromatic heterocycles. The van der Waals surface area contributed by atoms with Crippen molar-refractivity contribution < 1.29 is 27.6 Å². The largest absolute Gasteiger partial charge is 0.455 e. The minimum absolute atomic E-state index is 0.0209. The molecule has 5 heterocycles. The second-order valence-electron chi connectivity index (χ2n) is 18.7. The molecule has 0 unspecified atom stereocenters. The van der Waals surface area contributed by atoms with Gasteiger partial charge >= 0.3 is 0 Å². The highest BCUT2D eigenvalue weighted by atomic mass is 35.5. The number of allylic oxidation sites excluding steroid dienone is 1. The van der Waals surface area contributed by atoms with E-state index in [0.717, 1.165) is 93.4 Å². The van der Waals surface area contributed by atoms with Gasteiger partial charge in [-0.2, -0.15) is 0 Å². The summed E-state index contributed by atoms with van der Waals surface area (Å²) in [5.74, 6) is -0.150. The smallest absolute Gasteiger partial charge is 0.293 e. The number of nitrogens with zero attached hydrogens (tertiary/aromatic N) is 4. The molecule has 3 aliphatic heterocycles. The molecule has 0 saturated carbocycles. The van der Waals surface area contributed by atoms with E-state index in [1.54, 1.807) is 24.4 Å². The van der Waals surface area contributed by atoms with E-state index in [2.05, 4.69) is 55.8 Å². The molecular formula is C48H54ClN7O7S. The Morgan fingerprint density at radius 3 is 2.53 bits per heavy atom. The summed E-state index contributed by atoms with van der Waals surface area (Å²) < 4.78 is 41.3. The predicted octanol–water partition coefficient (Wildman–Crippen LogP) is 9.44. The number of nitro groups is 1. The van der Waals surface area contributed by atoms with Crippen molar-refractivity contribution in [3.05, 3.63) is 117 Å². The topological polar surface area (TPSA) is 172 Å². The van der Waals surface area contributed by atoms with Gasteiger partial charge in [0.05, 0.1) is 21.6 Å². The molecule has 3 aromatic carbocycles. The van der Waals surface area contributed by atoms with Crippen LogP contribution in [0.15, 0.2) is 95.7 Å². The average Bonchev–Trinajstić information content (AvgIpc) is 3.74. The van der Waals surface area contributed by atoms with Gasteiger partial charge in [0.1, 0.15) is 22.8 Å². The van der Waals surface area contributed by atoms with Crippen LogP contribution in [0.3, 0.4) is 0 Å². The Kier molecular flexibility index (Phi) is 12.2. The molecule has 3 saturated heterocycles. The molecule has 1 aliphatic carbocycles. The lowest BCUT2D eigenvalue weighted by molar-refractivity contribution is -0.384. The normalized spacial score (nSPS) is 19.1. The molecule has 1 amide bonds. The van der Waals surface area contributed by atoms with Gasteiger partial charge in [0, 0.05) is 79.2 Å². The van der Waals surface area contributed by atoms with E-state index < -0.39 is 31.4 Å². The number of benzene rings is 3. The first-order valence-corrected chi connectivity index (χ1v) is 23.9. The Morgan fingerprint density at radius 1 is 1.02 bits per heavy atom. The average molecular weight is 909 g/mol. The van der Waals surface area contributed by atoms with Crippen molar-refractivity contribution in [2.75, 3.05) is 62.7 Å². The molecule has 14 nitrogen and oxygen atoms in total. The zero-order chi connectivity index (χ0) is 44.6. The van der Waals surface area contributed by atoms with E-state index in [9.17, 15) is 23.3 Å². The summed E-state index contributed by atoms with van der Waals surface area (Å²) in [6, 6.07) is 20.7. The highest BCUT2D eigenvalue weighted by Gasteiger charge is 2.45. The van der Waals surface area contributed by atoms with Gasteiger partial charge in [-0.1, -0.05) is 43.2 Å². The van der Waals surface area contributed by atoms with Crippen molar-refractivity contribution in [2.45, 2.75) is 63.7 Å². The number of aromatic nitrogens is 2. The Balaban J connectivity index is 0.897. The third-order valence-corrected chi connectivity index (χ3v) is 15.1. The molecule has 0 bridgehead atoms. The maximum atomic E-state index is 13.9. The van der Waals surface area contributed by atoms with Crippen molar-refractivity contribution in [2.24, 2.45) is 16.7 Å². The van der Waals surface area contributed by atoms with Gasteiger partial charge in [-0.25, -0.2) is 18.1 Å². The number of hydrogen-bond acceptors (Lipinski definition) is 11. The zero-order valence-corrected chi connectivity index (χ0v) is 37.8. The molecule has 3 fully saturated rings. The van der Waals surface area contributed by atoms with Gasteiger partial charge in [0.15, 0.2) is 0 Å². The molecule has 0 atom stereocenters. The molecule has 1 spiro atoms. The van der Waals surface area contributed by atoms with Gasteiger partial charge in [-0.3, -0.25) is 19.8 Å². The van der Waals surface area contributed by atoms with Gasteiger partial charge < -0.3 is 24.7 Å². The molecule has 0 radical (unpaired) electrons. The van der Waals surface area contributed by atoms with Crippen LogP contribution < -0.4 is 19.7 Å². The highest BCUT2D eigenvalue weighted by molar-refractivity contribution is 7.90. The minimum Gasteiger partial charge on any atom is -0.455 e. The fraction of sp³-hybridized carbons (Fsp3) is 0.417. The van der Waals surface area contributed by atoms with Crippen LogP contribution in [0.25, 0.3) is 16.6 Å². The Labute approximate surface area is 378 Å². The van der Waals surface area contributed by atoms with Crippen LogP contribution >= 0.6 is 11.6 Å². The van der Waals surface area contributed by atoms with E-state index >= 15 is 0 Å². The van der Waals surface area contributed by atoms with Crippen molar-refractivity contribution >= 4 is 61.2 Å². The van der Waals surface area contributed by atoms with Gasteiger partial charge in [0.2, 0.25) is 0 Å². The second kappa shape index (κ2) is 17.8. The van der Waals surface area contributed by atoms with Crippen LogP contribution in [0.1, 0.15) is 74.7 Å². The first kappa shape index (κ1) is 43.8. The number of fused-ring (bicyclic) bond motifs is 1. The number of nitro benzene ring substituents is 1. The quantitative estimate of drug-likeness (QED) is 0.0759. The van der Waals surface area contributed by atoms with E-state index in [4.69, 9.17) is 21.1 Å². The number of nitrogens with one attached hydrogen (secondary N) is 3. The highest BCUT2D eigenvalue weighted by Crippen LogP contribution is 2.46. The summed E-state index contributed by atoms with van der Waals surface area (Å²) in [5.41, 5.74) is 6.01. The number of aromatic amines is 1. The van der Waals surface area contributed by atoms with Crippen molar-refractivity contribution in [3.63, 3.8) is 0 Å². The number of sulfonamides is 1. The summed E-state index contributed by atoms with van der Waals surface area (Å²) in [7, 11) is -4.55. The zero-order valence-electron chi connectivity index (χ0n) is 36.2. The van der Waals surface area contributed by atoms with Gasteiger partial charge in [0.25, 0.3) is 21.6 Å². The predicted molar refractivity (Wildman–Crippen MR) is 249 cm³/mol. The first-order chi connectivity index (χ1) is 30.7. The number of rotatable bonds is 13. The molecule has 336 valence electrons. The Bertz CT molecular complexity index is 2700. The lowest BCUT2D eigenvalue weighted by atomic mass is 9.70. The Morgan fingerprint density at radius 2 is 1.78 bits per heavy atom. The lowest BCUT2D eigenvalue weighted by Gasteiger charge is -2.55. The number of likely N-dealkylation sites (tertiary alicyclic amines) is 1. The van der Waals surface area contributed by atoms with Crippen LogP contribution in [-0.4, -0.2) is 86.6 Å². The number of halogens is 1. The van der Waals surface area contributed by atoms with E-state index in [1.807, 2.05) is 24.3 Å². The molecule has 5 aromatic rings.